The topological polar surface area (TPSA) is 26.3 Å². The van der Waals surface area contributed by atoms with Crippen molar-refractivity contribution in [1.82, 2.24) is 0 Å². The molecule has 0 N–H and O–H groups in total. The van der Waals surface area contributed by atoms with Gasteiger partial charge in [-0.25, -0.2) is 0 Å². The van der Waals surface area contributed by atoms with Gasteiger partial charge in [-0.15, -0.1) is 0 Å². The summed E-state index contributed by atoms with van der Waals surface area (Å²) in [6, 6.07) is 17.2. The van der Waals surface area contributed by atoms with E-state index in [1.54, 1.807) is 7.11 Å². The van der Waals surface area contributed by atoms with Crippen LogP contribution in [0, 0.1) is 0 Å². The van der Waals surface area contributed by atoms with Crippen molar-refractivity contribution in [1.29, 1.82) is 0 Å². The molecule has 2 aromatic rings. The Labute approximate surface area is 118 Å². The Balaban J connectivity index is 0.000000408. The molecule has 0 aromatic heterocycles. The molecule has 0 amide bonds. The second-order valence-corrected chi connectivity index (χ2v) is 4.45. The molecule has 0 radical (unpaired) electrons. The first-order valence-corrected chi connectivity index (χ1v) is 6.48. The van der Waals surface area contributed by atoms with E-state index in [-0.39, 0.29) is 5.75 Å². The highest BCUT2D eigenvalue weighted by molar-refractivity contribution is 6.54. The summed E-state index contributed by atoms with van der Waals surface area (Å²) < 4.78 is 5.34. The van der Waals surface area contributed by atoms with Gasteiger partial charge in [0, 0.05) is 13.0 Å². The second-order valence-electron chi connectivity index (χ2n) is 4.27. The van der Waals surface area contributed by atoms with E-state index in [1.165, 1.54) is 22.3 Å². The van der Waals surface area contributed by atoms with E-state index in [0.717, 1.165) is 6.61 Å². The number of carbonyl (C=O) groups is 1. The maximum Gasteiger partial charge on any atom is 0.208 e. The number of fused-ring (bicyclic) bond motifs is 3. The van der Waals surface area contributed by atoms with Crippen molar-refractivity contribution < 1.29 is 9.53 Å². The highest BCUT2D eigenvalue weighted by Gasteiger charge is 2.27. The minimum atomic E-state index is 0.222. The molecule has 0 heterocycles. The van der Waals surface area contributed by atoms with E-state index < -0.39 is 0 Å². The molecular formula is C16H15ClO2. The average Bonchev–Trinajstić information content (AvgIpc) is 2.76. The first-order chi connectivity index (χ1) is 9.33. The number of benzene rings is 2. The number of methoxy groups -OCH3 is 1. The van der Waals surface area contributed by atoms with E-state index >= 15 is 0 Å². The van der Waals surface area contributed by atoms with Crippen LogP contribution < -0.4 is 0 Å². The van der Waals surface area contributed by atoms with Crippen LogP contribution in [0.25, 0.3) is 11.1 Å². The van der Waals surface area contributed by atoms with E-state index in [9.17, 15) is 0 Å². The van der Waals surface area contributed by atoms with Crippen LogP contribution in [-0.2, 0) is 9.53 Å². The molecule has 19 heavy (non-hydrogen) atoms. The van der Waals surface area contributed by atoms with Crippen LogP contribution >= 0.6 is 11.6 Å². The van der Waals surface area contributed by atoms with E-state index in [0.29, 0.717) is 5.92 Å². The normalized spacial score (nSPS) is 12.1. The summed E-state index contributed by atoms with van der Waals surface area (Å²) in [6.45, 7) is 0.758. The minimum absolute atomic E-state index is 0.222. The zero-order chi connectivity index (χ0) is 13.7. The lowest BCUT2D eigenvalue weighted by molar-refractivity contribution is 0.190. The zero-order valence-electron chi connectivity index (χ0n) is 10.7. The molecule has 0 atom stereocenters. The fraction of sp³-hybridized carbons (Fsp3) is 0.188. The summed E-state index contributed by atoms with van der Waals surface area (Å²) in [5, 5.41) is 0. The largest absolute Gasteiger partial charge is 0.384 e. The fourth-order valence-electron chi connectivity index (χ4n) is 2.61. The van der Waals surface area contributed by atoms with Crippen molar-refractivity contribution >= 4 is 17.3 Å². The maximum absolute atomic E-state index is 8.57. The summed E-state index contributed by atoms with van der Waals surface area (Å²) in [5.41, 5.74) is 5.51. The van der Waals surface area contributed by atoms with E-state index in [2.05, 4.69) is 60.1 Å². The molecule has 0 aliphatic heterocycles. The molecule has 98 valence electrons. The van der Waals surface area contributed by atoms with Gasteiger partial charge < -0.3 is 4.74 Å². The Kier molecular flexibility index (Phi) is 4.72. The smallest absolute Gasteiger partial charge is 0.208 e. The molecule has 1 aliphatic carbocycles. The first-order valence-electron chi connectivity index (χ1n) is 6.04. The fourth-order valence-corrected chi connectivity index (χ4v) is 2.61. The summed E-state index contributed by atoms with van der Waals surface area (Å²) in [7, 11) is 1.77. The van der Waals surface area contributed by atoms with Crippen molar-refractivity contribution in [2.45, 2.75) is 5.92 Å². The van der Waals surface area contributed by atoms with Crippen molar-refractivity contribution in [2.24, 2.45) is 0 Å². The van der Waals surface area contributed by atoms with Gasteiger partial charge in [0.15, 0.2) is 0 Å². The Morgan fingerprint density at radius 1 is 1.05 bits per heavy atom. The van der Waals surface area contributed by atoms with Gasteiger partial charge in [0.05, 0.1) is 6.61 Å². The van der Waals surface area contributed by atoms with E-state index in [4.69, 9.17) is 9.53 Å². The third kappa shape index (κ3) is 2.70. The van der Waals surface area contributed by atoms with Gasteiger partial charge in [0.25, 0.3) is 0 Å². The number of halogens is 1. The van der Waals surface area contributed by atoms with Crippen LogP contribution in [0.5, 0.6) is 0 Å². The van der Waals surface area contributed by atoms with Gasteiger partial charge in [-0.05, 0) is 33.9 Å². The highest BCUT2D eigenvalue weighted by atomic mass is 35.5. The Morgan fingerprint density at radius 2 is 1.47 bits per heavy atom. The van der Waals surface area contributed by atoms with Gasteiger partial charge in [-0.2, -0.15) is 0 Å². The Bertz CT molecular complexity index is 521. The molecule has 0 bridgehead atoms. The predicted octanol–water partition coefficient (Wildman–Crippen LogP) is 3.86. The molecule has 0 spiro atoms. The predicted molar refractivity (Wildman–Crippen MR) is 78.2 cm³/mol. The lowest BCUT2D eigenvalue weighted by Crippen LogP contribution is -2.04. The first kappa shape index (κ1) is 13.8. The summed E-state index contributed by atoms with van der Waals surface area (Å²) in [6.07, 6.45) is 0. The van der Waals surface area contributed by atoms with Gasteiger partial charge in [0.2, 0.25) is 5.75 Å². The van der Waals surface area contributed by atoms with Gasteiger partial charge >= 0.3 is 0 Å². The highest BCUT2D eigenvalue weighted by Crippen LogP contribution is 2.44. The molecule has 2 aromatic carbocycles. The SMILES string of the molecule is COCC1c2ccccc2-c2ccccc21.O=CCl. The second kappa shape index (κ2) is 6.50. The number of rotatable bonds is 2. The Morgan fingerprint density at radius 3 is 1.89 bits per heavy atom. The molecule has 2 nitrogen and oxygen atoms in total. The van der Waals surface area contributed by atoms with Crippen LogP contribution in [0.4, 0.5) is 0 Å². The van der Waals surface area contributed by atoms with Gasteiger partial charge in [-0.1, -0.05) is 48.5 Å². The molecular weight excluding hydrogens is 260 g/mol. The monoisotopic (exact) mass is 274 g/mol. The van der Waals surface area contributed by atoms with Gasteiger partial charge in [-0.3, -0.25) is 4.79 Å². The third-order valence-corrected chi connectivity index (χ3v) is 3.30. The van der Waals surface area contributed by atoms with Crippen LogP contribution in [0.2, 0.25) is 0 Å². The van der Waals surface area contributed by atoms with Crippen LogP contribution in [0.1, 0.15) is 17.0 Å². The average molecular weight is 275 g/mol. The van der Waals surface area contributed by atoms with E-state index in [1.807, 2.05) is 0 Å². The molecule has 3 rings (SSSR count). The van der Waals surface area contributed by atoms with Crippen molar-refractivity contribution in [3.8, 4) is 11.1 Å². The summed E-state index contributed by atoms with van der Waals surface area (Å²) in [5.74, 6) is 0.623. The van der Waals surface area contributed by atoms with Gasteiger partial charge in [0.1, 0.15) is 0 Å². The van der Waals surface area contributed by atoms with Crippen LogP contribution in [-0.4, -0.2) is 19.5 Å². The van der Waals surface area contributed by atoms with Crippen molar-refractivity contribution in [3.05, 3.63) is 59.7 Å². The molecule has 3 heteroatoms. The molecule has 1 aliphatic rings. The van der Waals surface area contributed by atoms with Crippen LogP contribution in [0.3, 0.4) is 0 Å². The lowest BCUT2D eigenvalue weighted by Gasteiger charge is -2.11. The van der Waals surface area contributed by atoms with Crippen molar-refractivity contribution in [2.75, 3.05) is 13.7 Å². The molecule has 0 unspecified atom stereocenters. The maximum atomic E-state index is 8.57. The lowest BCUT2D eigenvalue weighted by atomic mass is 9.98. The summed E-state index contributed by atoms with van der Waals surface area (Å²) >= 11 is 4.32. The molecule has 0 saturated carbocycles. The summed E-state index contributed by atoms with van der Waals surface area (Å²) in [4.78, 5) is 8.57. The Hall–Kier alpha value is -1.64. The number of carbonyl (C=O) groups excluding carboxylic acids is 1. The number of ether oxygens (including phenoxy) is 1. The van der Waals surface area contributed by atoms with Crippen LogP contribution in [0.15, 0.2) is 48.5 Å². The number of hydrogen-bond acceptors (Lipinski definition) is 2. The molecule has 0 fully saturated rings. The zero-order valence-corrected chi connectivity index (χ0v) is 11.4. The van der Waals surface area contributed by atoms with Crippen molar-refractivity contribution in [3.63, 3.8) is 0 Å². The quantitative estimate of drug-likeness (QED) is 0.614. The number of hydrogen-bond donors (Lipinski definition) is 0. The standard InChI is InChI=1S/C15H14O.CHClO/c1-16-10-15-13-8-4-2-6-11(13)12-7-3-5-9-14(12)15;2-1-3/h2-9,15H,10H2,1H3;1H. The third-order valence-electron chi connectivity index (χ3n) is 3.30. The minimum Gasteiger partial charge on any atom is -0.384 e. The molecule has 0 saturated heterocycles.